The fourth-order valence-corrected chi connectivity index (χ4v) is 6.28. The lowest BCUT2D eigenvalue weighted by atomic mass is 10.2. The van der Waals surface area contributed by atoms with E-state index in [2.05, 4.69) is 83.6 Å². The van der Waals surface area contributed by atoms with Crippen molar-refractivity contribution in [1.29, 1.82) is 0 Å². The third-order valence-electron chi connectivity index (χ3n) is 3.38. The van der Waals surface area contributed by atoms with Gasteiger partial charge in [0.15, 0.2) is 0 Å². The Balaban J connectivity index is 2.30. The predicted molar refractivity (Wildman–Crippen MR) is 86.3 cm³/mol. The first-order valence-electron chi connectivity index (χ1n) is 6.32. The third kappa shape index (κ3) is 3.12. The Kier molecular flexibility index (Phi) is 4.41. The van der Waals surface area contributed by atoms with Gasteiger partial charge in [-0.1, -0.05) is 94.4 Å². The zero-order valence-corrected chi connectivity index (χ0v) is 13.6. The topological polar surface area (TPSA) is 0 Å². The molecule has 0 radical (unpaired) electrons. The zero-order valence-electron chi connectivity index (χ0n) is 11.0. The minimum absolute atomic E-state index is 0.953. The van der Waals surface area contributed by atoms with Gasteiger partial charge in [0, 0.05) is 5.33 Å². The molecule has 0 bridgehead atoms. The Morgan fingerprint density at radius 1 is 0.889 bits per heavy atom. The SMILES string of the molecule is C[Si](C)(Cc1ccccc1)c1ccccc1CBr. The Morgan fingerprint density at radius 3 is 2.17 bits per heavy atom. The molecule has 94 valence electrons. The van der Waals surface area contributed by atoms with Gasteiger partial charge in [-0.25, -0.2) is 0 Å². The Hall–Kier alpha value is -0.863. The van der Waals surface area contributed by atoms with Crippen LogP contribution in [0.25, 0.3) is 0 Å². The first-order chi connectivity index (χ1) is 8.63. The van der Waals surface area contributed by atoms with Crippen LogP contribution in [0.1, 0.15) is 11.1 Å². The summed E-state index contributed by atoms with van der Waals surface area (Å²) in [6.45, 7) is 4.92. The largest absolute Gasteiger partial charge is 0.0876 e. The average molecular weight is 319 g/mol. The summed E-state index contributed by atoms with van der Waals surface area (Å²) in [6.07, 6.45) is 0. The van der Waals surface area contributed by atoms with Crippen molar-refractivity contribution in [3.8, 4) is 0 Å². The van der Waals surface area contributed by atoms with E-state index >= 15 is 0 Å². The maximum absolute atomic E-state index is 3.61. The minimum Gasteiger partial charge on any atom is -0.0876 e. The number of alkyl halides is 1. The second-order valence-electron chi connectivity index (χ2n) is 5.34. The van der Waals surface area contributed by atoms with E-state index < -0.39 is 8.07 Å². The van der Waals surface area contributed by atoms with E-state index in [4.69, 9.17) is 0 Å². The van der Waals surface area contributed by atoms with E-state index in [0.29, 0.717) is 0 Å². The molecule has 18 heavy (non-hydrogen) atoms. The van der Waals surface area contributed by atoms with Crippen LogP contribution >= 0.6 is 15.9 Å². The van der Waals surface area contributed by atoms with Crippen LogP contribution in [0.2, 0.25) is 13.1 Å². The molecule has 2 aromatic carbocycles. The number of rotatable bonds is 4. The fraction of sp³-hybridized carbons (Fsp3) is 0.250. The molecule has 0 aliphatic carbocycles. The first kappa shape index (κ1) is 13.6. The van der Waals surface area contributed by atoms with Crippen LogP contribution < -0.4 is 5.19 Å². The zero-order chi connectivity index (χ0) is 13.0. The average Bonchev–Trinajstić information content (AvgIpc) is 2.39. The van der Waals surface area contributed by atoms with E-state index in [1.807, 2.05) is 0 Å². The van der Waals surface area contributed by atoms with Crippen LogP contribution in [-0.2, 0) is 11.4 Å². The molecule has 0 unspecified atom stereocenters. The van der Waals surface area contributed by atoms with Gasteiger partial charge < -0.3 is 0 Å². The number of hydrogen-bond donors (Lipinski definition) is 0. The highest BCUT2D eigenvalue weighted by Gasteiger charge is 2.25. The van der Waals surface area contributed by atoms with Crippen LogP contribution in [0, 0.1) is 0 Å². The van der Waals surface area contributed by atoms with Gasteiger partial charge in [0.05, 0.1) is 8.07 Å². The number of benzene rings is 2. The Morgan fingerprint density at radius 2 is 1.50 bits per heavy atom. The van der Waals surface area contributed by atoms with Gasteiger partial charge in [-0.05, 0) is 11.6 Å². The lowest BCUT2D eigenvalue weighted by Gasteiger charge is -2.25. The van der Waals surface area contributed by atoms with Crippen LogP contribution in [0.5, 0.6) is 0 Å². The summed E-state index contributed by atoms with van der Waals surface area (Å²) >= 11 is 3.61. The summed E-state index contributed by atoms with van der Waals surface area (Å²) in [6, 6.07) is 20.9. The molecule has 0 N–H and O–H groups in total. The quantitative estimate of drug-likeness (QED) is 0.583. The lowest BCUT2D eigenvalue weighted by Crippen LogP contribution is -2.45. The molecule has 0 spiro atoms. The molecule has 0 saturated heterocycles. The summed E-state index contributed by atoms with van der Waals surface area (Å²) in [5.41, 5.74) is 2.91. The van der Waals surface area contributed by atoms with Gasteiger partial charge in [0.1, 0.15) is 0 Å². The molecular weight excluding hydrogens is 300 g/mol. The van der Waals surface area contributed by atoms with Crippen molar-refractivity contribution >= 4 is 29.2 Å². The summed E-state index contributed by atoms with van der Waals surface area (Å²) in [4.78, 5) is 0. The Bertz CT molecular complexity index is 506. The van der Waals surface area contributed by atoms with Crippen molar-refractivity contribution in [3.05, 3.63) is 65.7 Å². The van der Waals surface area contributed by atoms with Gasteiger partial charge in [0.25, 0.3) is 0 Å². The second-order valence-corrected chi connectivity index (χ2v) is 10.6. The van der Waals surface area contributed by atoms with Gasteiger partial charge in [-0.2, -0.15) is 0 Å². The summed E-state index contributed by atoms with van der Waals surface area (Å²) in [5, 5.41) is 2.53. The van der Waals surface area contributed by atoms with Gasteiger partial charge in [-0.15, -0.1) is 0 Å². The lowest BCUT2D eigenvalue weighted by molar-refractivity contribution is 1.31. The summed E-state index contributed by atoms with van der Waals surface area (Å²) in [7, 11) is -1.42. The third-order valence-corrected chi connectivity index (χ3v) is 7.22. The molecule has 2 heteroatoms. The number of hydrogen-bond acceptors (Lipinski definition) is 0. The Labute approximate surface area is 119 Å². The highest BCUT2D eigenvalue weighted by atomic mass is 79.9. The molecule has 0 aliphatic heterocycles. The van der Waals surface area contributed by atoms with Crippen molar-refractivity contribution in [2.24, 2.45) is 0 Å². The highest BCUT2D eigenvalue weighted by Crippen LogP contribution is 2.15. The van der Waals surface area contributed by atoms with Crippen molar-refractivity contribution in [3.63, 3.8) is 0 Å². The van der Waals surface area contributed by atoms with E-state index in [9.17, 15) is 0 Å². The van der Waals surface area contributed by atoms with E-state index in [1.165, 1.54) is 17.2 Å². The highest BCUT2D eigenvalue weighted by molar-refractivity contribution is 9.08. The van der Waals surface area contributed by atoms with Crippen molar-refractivity contribution in [1.82, 2.24) is 0 Å². The van der Waals surface area contributed by atoms with Crippen LogP contribution in [0.4, 0.5) is 0 Å². The van der Waals surface area contributed by atoms with E-state index in [-0.39, 0.29) is 0 Å². The normalized spacial score (nSPS) is 11.5. The van der Waals surface area contributed by atoms with Crippen LogP contribution in [0.15, 0.2) is 54.6 Å². The molecule has 0 aliphatic rings. The first-order valence-corrected chi connectivity index (χ1v) is 10.6. The molecule has 0 heterocycles. The molecule has 0 nitrogen and oxygen atoms in total. The maximum atomic E-state index is 3.61. The smallest absolute Gasteiger partial charge is 0.0853 e. The van der Waals surface area contributed by atoms with Crippen molar-refractivity contribution in [2.45, 2.75) is 24.5 Å². The van der Waals surface area contributed by atoms with Crippen molar-refractivity contribution in [2.75, 3.05) is 0 Å². The minimum atomic E-state index is -1.42. The fourth-order valence-electron chi connectivity index (χ4n) is 2.50. The molecule has 0 fully saturated rings. The van der Waals surface area contributed by atoms with Gasteiger partial charge in [0.2, 0.25) is 0 Å². The maximum Gasteiger partial charge on any atom is 0.0853 e. The van der Waals surface area contributed by atoms with Crippen molar-refractivity contribution < 1.29 is 0 Å². The summed E-state index contributed by atoms with van der Waals surface area (Å²) in [5.74, 6) is 0. The number of halogens is 1. The molecule has 0 amide bonds. The van der Waals surface area contributed by atoms with Crippen LogP contribution in [0.3, 0.4) is 0 Å². The molecule has 2 rings (SSSR count). The van der Waals surface area contributed by atoms with Gasteiger partial charge >= 0.3 is 0 Å². The molecular formula is C16H19BrSi. The molecule has 2 aromatic rings. The molecule has 0 aromatic heterocycles. The van der Waals surface area contributed by atoms with E-state index in [0.717, 1.165) is 5.33 Å². The second kappa shape index (κ2) is 5.85. The van der Waals surface area contributed by atoms with E-state index in [1.54, 1.807) is 5.19 Å². The monoisotopic (exact) mass is 318 g/mol. The predicted octanol–water partition coefficient (Wildman–Crippen LogP) is 4.28. The summed E-state index contributed by atoms with van der Waals surface area (Å²) < 4.78 is 0. The van der Waals surface area contributed by atoms with Gasteiger partial charge in [-0.3, -0.25) is 0 Å². The molecule has 0 atom stereocenters. The molecule has 0 saturated carbocycles. The standard InChI is InChI=1S/C16H19BrSi/c1-18(2,13-14-8-4-3-5-9-14)16-11-7-6-10-15(16)12-17/h3-11H,12-13H2,1-2H3. The van der Waals surface area contributed by atoms with Crippen LogP contribution in [-0.4, -0.2) is 8.07 Å².